The quantitative estimate of drug-likeness (QED) is 0.753. The van der Waals surface area contributed by atoms with Gasteiger partial charge >= 0.3 is 6.36 Å². The van der Waals surface area contributed by atoms with Gasteiger partial charge in [0.15, 0.2) is 17.8 Å². The van der Waals surface area contributed by atoms with Gasteiger partial charge < -0.3 is 9.47 Å². The number of hydrogen-bond donors (Lipinski definition) is 0. The molecule has 0 saturated carbocycles. The molecule has 0 unspecified atom stereocenters. The average molecular weight is 235 g/mol. The van der Waals surface area contributed by atoms with Gasteiger partial charge in [0.05, 0.1) is 13.3 Å². The van der Waals surface area contributed by atoms with E-state index in [9.17, 15) is 18.0 Å². The van der Waals surface area contributed by atoms with Gasteiger partial charge in [-0.25, -0.2) is 4.98 Å². The van der Waals surface area contributed by atoms with Gasteiger partial charge in [0.2, 0.25) is 0 Å². The highest BCUT2D eigenvalue weighted by Gasteiger charge is 2.33. The number of aldehydes is 1. The van der Waals surface area contributed by atoms with Crippen molar-refractivity contribution in [2.75, 3.05) is 7.11 Å². The minimum Gasteiger partial charge on any atom is -0.492 e. The predicted molar refractivity (Wildman–Crippen MR) is 47.6 cm³/mol. The Kier molecular flexibility index (Phi) is 3.36. The Labute approximate surface area is 89.0 Å². The molecule has 88 valence electrons. The molecule has 16 heavy (non-hydrogen) atoms. The maximum Gasteiger partial charge on any atom is 0.573 e. The fourth-order valence-corrected chi connectivity index (χ4v) is 1.15. The van der Waals surface area contributed by atoms with Crippen LogP contribution in [-0.4, -0.2) is 24.7 Å². The van der Waals surface area contributed by atoms with E-state index >= 15 is 0 Å². The van der Waals surface area contributed by atoms with Gasteiger partial charge in [0, 0.05) is 5.56 Å². The first-order chi connectivity index (χ1) is 7.39. The van der Waals surface area contributed by atoms with Crippen molar-refractivity contribution < 1.29 is 27.4 Å². The molecule has 0 aliphatic carbocycles. The standard InChI is InChI=1S/C9H8F3NO3/c1-5-6(4-14)13-3-7(8(5)15-2)16-9(10,11)12/h3-4H,1-2H3. The molecular formula is C9H8F3NO3. The first kappa shape index (κ1) is 12.3. The largest absolute Gasteiger partial charge is 0.573 e. The molecule has 0 aliphatic rings. The van der Waals surface area contributed by atoms with Crippen molar-refractivity contribution in [1.82, 2.24) is 4.98 Å². The molecule has 0 aliphatic heterocycles. The van der Waals surface area contributed by atoms with E-state index in [1.165, 1.54) is 14.0 Å². The van der Waals surface area contributed by atoms with Crippen LogP contribution in [0.3, 0.4) is 0 Å². The summed E-state index contributed by atoms with van der Waals surface area (Å²) in [6.07, 6.45) is -3.61. The summed E-state index contributed by atoms with van der Waals surface area (Å²) in [7, 11) is 1.18. The molecule has 0 N–H and O–H groups in total. The van der Waals surface area contributed by atoms with Gasteiger partial charge in [0.1, 0.15) is 5.69 Å². The Morgan fingerprint density at radius 1 is 1.44 bits per heavy atom. The van der Waals surface area contributed by atoms with Gasteiger partial charge in [-0.15, -0.1) is 13.2 Å². The first-order valence-corrected chi connectivity index (χ1v) is 4.13. The maximum absolute atomic E-state index is 12.0. The monoisotopic (exact) mass is 235 g/mol. The lowest BCUT2D eigenvalue weighted by atomic mass is 10.2. The number of carbonyl (C=O) groups is 1. The molecule has 0 amide bonds. The highest BCUT2D eigenvalue weighted by atomic mass is 19.4. The second-order valence-electron chi connectivity index (χ2n) is 2.83. The van der Waals surface area contributed by atoms with Crippen molar-refractivity contribution in [3.8, 4) is 11.5 Å². The summed E-state index contributed by atoms with van der Waals surface area (Å²) in [4.78, 5) is 14.0. The molecule has 4 nitrogen and oxygen atoms in total. The molecule has 7 heteroatoms. The Morgan fingerprint density at radius 3 is 2.50 bits per heavy atom. The molecule has 0 spiro atoms. The summed E-state index contributed by atoms with van der Waals surface area (Å²) in [5.74, 6) is -0.729. The van der Waals surface area contributed by atoms with E-state index < -0.39 is 12.1 Å². The summed E-state index contributed by atoms with van der Waals surface area (Å²) >= 11 is 0. The number of alkyl halides is 3. The molecule has 1 aromatic rings. The van der Waals surface area contributed by atoms with Crippen molar-refractivity contribution >= 4 is 6.29 Å². The average Bonchev–Trinajstić information content (AvgIpc) is 2.16. The van der Waals surface area contributed by atoms with Crippen LogP contribution < -0.4 is 9.47 Å². The van der Waals surface area contributed by atoms with Crippen LogP contribution in [-0.2, 0) is 0 Å². The molecule has 1 heterocycles. The van der Waals surface area contributed by atoms with Crippen molar-refractivity contribution in [2.24, 2.45) is 0 Å². The highest BCUT2D eigenvalue weighted by molar-refractivity contribution is 5.76. The third kappa shape index (κ3) is 2.62. The number of pyridine rings is 1. The maximum atomic E-state index is 12.0. The number of carbonyl (C=O) groups excluding carboxylic acids is 1. The number of rotatable bonds is 3. The third-order valence-corrected chi connectivity index (χ3v) is 1.81. The lowest BCUT2D eigenvalue weighted by molar-refractivity contribution is -0.275. The molecule has 0 saturated heterocycles. The van der Waals surface area contributed by atoms with Crippen LogP contribution in [0.2, 0.25) is 0 Å². The van der Waals surface area contributed by atoms with Crippen LogP contribution in [0.5, 0.6) is 11.5 Å². The smallest absolute Gasteiger partial charge is 0.492 e. The zero-order valence-corrected chi connectivity index (χ0v) is 8.46. The van der Waals surface area contributed by atoms with Crippen LogP contribution in [0.4, 0.5) is 13.2 Å². The molecular weight excluding hydrogens is 227 g/mol. The van der Waals surface area contributed by atoms with Crippen LogP contribution in [0.1, 0.15) is 16.1 Å². The van der Waals surface area contributed by atoms with Crippen molar-refractivity contribution in [2.45, 2.75) is 13.3 Å². The SMILES string of the molecule is COc1c(OC(F)(F)F)cnc(C=O)c1C. The number of aromatic nitrogens is 1. The third-order valence-electron chi connectivity index (χ3n) is 1.81. The summed E-state index contributed by atoms with van der Waals surface area (Å²) in [6.45, 7) is 1.42. The summed E-state index contributed by atoms with van der Waals surface area (Å²) in [5.41, 5.74) is 0.200. The number of ether oxygens (including phenoxy) is 2. The topological polar surface area (TPSA) is 48.4 Å². The summed E-state index contributed by atoms with van der Waals surface area (Å²) < 4.78 is 44.4. The molecule has 0 fully saturated rings. The van der Waals surface area contributed by atoms with Crippen LogP contribution in [0.25, 0.3) is 0 Å². The van der Waals surface area contributed by atoms with E-state index in [1.807, 2.05) is 0 Å². The van der Waals surface area contributed by atoms with Gasteiger partial charge in [-0.05, 0) is 6.92 Å². The molecule has 0 radical (unpaired) electrons. The summed E-state index contributed by atoms with van der Waals surface area (Å²) in [6, 6.07) is 0. The molecule has 1 aromatic heterocycles. The van der Waals surface area contributed by atoms with E-state index in [2.05, 4.69) is 9.72 Å². The van der Waals surface area contributed by atoms with Gasteiger partial charge in [0.25, 0.3) is 0 Å². The molecule has 0 bridgehead atoms. The molecule has 0 atom stereocenters. The van der Waals surface area contributed by atoms with Crippen LogP contribution >= 0.6 is 0 Å². The number of halogens is 3. The zero-order valence-electron chi connectivity index (χ0n) is 8.46. The Hall–Kier alpha value is -1.79. The molecule has 1 rings (SSSR count). The Morgan fingerprint density at radius 2 is 2.06 bits per heavy atom. The summed E-state index contributed by atoms with van der Waals surface area (Å²) in [5, 5.41) is 0. The van der Waals surface area contributed by atoms with Gasteiger partial charge in [-0.1, -0.05) is 0 Å². The second kappa shape index (κ2) is 4.38. The lowest BCUT2D eigenvalue weighted by Crippen LogP contribution is -2.18. The minimum atomic E-state index is -4.83. The fourth-order valence-electron chi connectivity index (χ4n) is 1.15. The van der Waals surface area contributed by atoms with Crippen LogP contribution in [0, 0.1) is 6.92 Å². The van der Waals surface area contributed by atoms with Crippen molar-refractivity contribution in [1.29, 1.82) is 0 Å². The van der Waals surface area contributed by atoms with E-state index in [1.54, 1.807) is 0 Å². The molecule has 0 aromatic carbocycles. The fraction of sp³-hybridized carbons (Fsp3) is 0.333. The van der Waals surface area contributed by atoms with E-state index in [0.29, 0.717) is 6.29 Å². The first-order valence-electron chi connectivity index (χ1n) is 4.13. The van der Waals surface area contributed by atoms with Crippen molar-refractivity contribution in [3.63, 3.8) is 0 Å². The number of methoxy groups -OCH3 is 1. The highest BCUT2D eigenvalue weighted by Crippen LogP contribution is 2.34. The van der Waals surface area contributed by atoms with E-state index in [0.717, 1.165) is 6.20 Å². The minimum absolute atomic E-state index is 0.00590. The van der Waals surface area contributed by atoms with Crippen LogP contribution in [0.15, 0.2) is 6.20 Å². The normalized spacial score (nSPS) is 11.1. The number of nitrogens with zero attached hydrogens (tertiary/aromatic N) is 1. The van der Waals surface area contributed by atoms with Gasteiger partial charge in [-0.2, -0.15) is 0 Å². The second-order valence-corrected chi connectivity index (χ2v) is 2.83. The Balaban J connectivity index is 3.21. The predicted octanol–water partition coefficient (Wildman–Crippen LogP) is 2.11. The van der Waals surface area contributed by atoms with Gasteiger partial charge in [-0.3, -0.25) is 4.79 Å². The number of hydrogen-bond acceptors (Lipinski definition) is 4. The van der Waals surface area contributed by atoms with E-state index in [4.69, 9.17) is 4.74 Å². The van der Waals surface area contributed by atoms with E-state index in [-0.39, 0.29) is 17.0 Å². The van der Waals surface area contributed by atoms with Crippen molar-refractivity contribution in [3.05, 3.63) is 17.5 Å². The lowest BCUT2D eigenvalue weighted by Gasteiger charge is -2.14. The Bertz CT molecular complexity index is 404. The zero-order chi connectivity index (χ0) is 12.3.